The van der Waals surface area contributed by atoms with Gasteiger partial charge >= 0.3 is 0 Å². The second-order valence-electron chi connectivity index (χ2n) is 3.44. The molecule has 0 spiro atoms. The van der Waals surface area contributed by atoms with Crippen LogP contribution in [0.25, 0.3) is 0 Å². The Morgan fingerprint density at radius 2 is 2.36 bits per heavy atom. The summed E-state index contributed by atoms with van der Waals surface area (Å²) in [5.74, 6) is 0.862. The molecule has 0 fully saturated rings. The molecule has 1 aromatic carbocycles. The molecule has 1 aliphatic heterocycles. The van der Waals surface area contributed by atoms with Crippen molar-refractivity contribution < 1.29 is 4.74 Å². The molecule has 4 heteroatoms. The first-order valence-corrected chi connectivity index (χ1v) is 5.43. The minimum atomic E-state index is 0.0428. The van der Waals surface area contributed by atoms with Crippen LogP contribution in [0.3, 0.4) is 0 Å². The number of benzene rings is 1. The molecule has 76 valence electrons. The maximum atomic E-state index is 5.79. The molecule has 14 heavy (non-hydrogen) atoms. The van der Waals surface area contributed by atoms with Crippen molar-refractivity contribution in [1.82, 2.24) is 0 Å². The van der Waals surface area contributed by atoms with Crippen molar-refractivity contribution in [3.05, 3.63) is 22.7 Å². The number of rotatable bonds is 1. The zero-order valence-electron chi connectivity index (χ0n) is 7.96. The summed E-state index contributed by atoms with van der Waals surface area (Å²) < 4.78 is 6.76. The zero-order valence-corrected chi connectivity index (χ0v) is 9.54. The molecule has 0 radical (unpaired) electrons. The molecule has 0 amide bonds. The summed E-state index contributed by atoms with van der Waals surface area (Å²) in [6.45, 7) is 2.59. The molecule has 0 saturated heterocycles. The zero-order chi connectivity index (χ0) is 10.1. The number of fused-ring (bicyclic) bond motifs is 1. The standard InChI is InChI=1S/C10H13BrN2O/c1-6-9(5-12)14-10-7(11)3-2-4-8(10)13-6/h2-4,6,9,13H,5,12H2,1H3. The van der Waals surface area contributed by atoms with Gasteiger partial charge in [-0.05, 0) is 35.0 Å². The highest BCUT2D eigenvalue weighted by molar-refractivity contribution is 9.10. The maximum Gasteiger partial charge on any atom is 0.157 e. The van der Waals surface area contributed by atoms with Crippen molar-refractivity contribution in [3.63, 3.8) is 0 Å². The Hall–Kier alpha value is -0.740. The molecule has 0 saturated carbocycles. The summed E-state index contributed by atoms with van der Waals surface area (Å²) in [7, 11) is 0. The predicted molar refractivity (Wildman–Crippen MR) is 60.7 cm³/mol. The molecular formula is C10H13BrN2O. The van der Waals surface area contributed by atoms with E-state index in [4.69, 9.17) is 10.5 Å². The minimum Gasteiger partial charge on any atom is -0.484 e. The van der Waals surface area contributed by atoms with E-state index in [1.807, 2.05) is 18.2 Å². The average molecular weight is 257 g/mol. The first-order valence-electron chi connectivity index (χ1n) is 4.64. The number of para-hydroxylation sites is 1. The molecule has 2 unspecified atom stereocenters. The summed E-state index contributed by atoms with van der Waals surface area (Å²) in [5.41, 5.74) is 6.65. The molecule has 1 aliphatic rings. The topological polar surface area (TPSA) is 47.3 Å². The van der Waals surface area contributed by atoms with Gasteiger partial charge in [0.25, 0.3) is 0 Å². The van der Waals surface area contributed by atoms with E-state index in [1.54, 1.807) is 0 Å². The van der Waals surface area contributed by atoms with Crippen LogP contribution in [0.4, 0.5) is 5.69 Å². The second kappa shape index (κ2) is 3.79. The number of anilines is 1. The van der Waals surface area contributed by atoms with Crippen LogP contribution in [0.2, 0.25) is 0 Å². The van der Waals surface area contributed by atoms with Gasteiger partial charge in [0.1, 0.15) is 6.10 Å². The van der Waals surface area contributed by atoms with E-state index in [0.29, 0.717) is 6.54 Å². The van der Waals surface area contributed by atoms with Crippen molar-refractivity contribution in [2.75, 3.05) is 11.9 Å². The van der Waals surface area contributed by atoms with Gasteiger partial charge in [-0.15, -0.1) is 0 Å². The monoisotopic (exact) mass is 256 g/mol. The van der Waals surface area contributed by atoms with Crippen LogP contribution in [0, 0.1) is 0 Å². The van der Waals surface area contributed by atoms with Crippen LogP contribution in [-0.4, -0.2) is 18.7 Å². The molecule has 3 nitrogen and oxygen atoms in total. The number of nitrogens with two attached hydrogens (primary N) is 1. The van der Waals surface area contributed by atoms with E-state index < -0.39 is 0 Å². The summed E-state index contributed by atoms with van der Waals surface area (Å²) in [5, 5.41) is 3.37. The van der Waals surface area contributed by atoms with Crippen LogP contribution in [0.1, 0.15) is 6.92 Å². The second-order valence-corrected chi connectivity index (χ2v) is 4.30. The van der Waals surface area contributed by atoms with E-state index in [1.165, 1.54) is 0 Å². The number of ether oxygens (including phenoxy) is 1. The Balaban J connectivity index is 2.36. The minimum absolute atomic E-state index is 0.0428. The third-order valence-corrected chi connectivity index (χ3v) is 3.03. The SMILES string of the molecule is CC1Nc2cccc(Br)c2OC1CN. The highest BCUT2D eigenvalue weighted by Crippen LogP contribution is 2.37. The summed E-state index contributed by atoms with van der Waals surface area (Å²) in [6.07, 6.45) is 0.0428. The van der Waals surface area contributed by atoms with Crippen molar-refractivity contribution >= 4 is 21.6 Å². The molecule has 0 aromatic heterocycles. The molecule has 0 aliphatic carbocycles. The fourth-order valence-electron chi connectivity index (χ4n) is 1.59. The lowest BCUT2D eigenvalue weighted by Crippen LogP contribution is -2.44. The summed E-state index contributed by atoms with van der Waals surface area (Å²) >= 11 is 3.45. The van der Waals surface area contributed by atoms with E-state index in [2.05, 4.69) is 28.2 Å². The van der Waals surface area contributed by atoms with Gasteiger partial charge < -0.3 is 15.8 Å². The van der Waals surface area contributed by atoms with Crippen molar-refractivity contribution in [3.8, 4) is 5.75 Å². The number of nitrogens with one attached hydrogen (secondary N) is 1. The van der Waals surface area contributed by atoms with Crippen LogP contribution in [-0.2, 0) is 0 Å². The van der Waals surface area contributed by atoms with E-state index in [0.717, 1.165) is 15.9 Å². The van der Waals surface area contributed by atoms with E-state index in [9.17, 15) is 0 Å². The van der Waals surface area contributed by atoms with E-state index >= 15 is 0 Å². The predicted octanol–water partition coefficient (Wildman–Crippen LogP) is 1.97. The Morgan fingerprint density at radius 3 is 3.07 bits per heavy atom. The Kier molecular flexibility index (Phi) is 2.65. The third kappa shape index (κ3) is 1.60. The van der Waals surface area contributed by atoms with Gasteiger partial charge in [0.15, 0.2) is 5.75 Å². The first-order chi connectivity index (χ1) is 6.72. The molecule has 1 heterocycles. The van der Waals surface area contributed by atoms with E-state index in [-0.39, 0.29) is 12.1 Å². The average Bonchev–Trinajstić information content (AvgIpc) is 2.17. The van der Waals surface area contributed by atoms with Crippen LogP contribution in [0.5, 0.6) is 5.75 Å². The summed E-state index contributed by atoms with van der Waals surface area (Å²) in [4.78, 5) is 0. The highest BCUT2D eigenvalue weighted by atomic mass is 79.9. The number of hydrogen-bond donors (Lipinski definition) is 2. The first kappa shape index (κ1) is 9.80. The molecule has 3 N–H and O–H groups in total. The molecule has 1 aromatic rings. The smallest absolute Gasteiger partial charge is 0.157 e. The van der Waals surface area contributed by atoms with Gasteiger partial charge in [-0.2, -0.15) is 0 Å². The van der Waals surface area contributed by atoms with Crippen molar-refractivity contribution in [2.24, 2.45) is 5.73 Å². The van der Waals surface area contributed by atoms with Crippen molar-refractivity contribution in [2.45, 2.75) is 19.1 Å². The Bertz CT molecular complexity index is 343. The molecule has 2 atom stereocenters. The van der Waals surface area contributed by atoms with Gasteiger partial charge in [0.2, 0.25) is 0 Å². The van der Waals surface area contributed by atoms with Gasteiger partial charge in [-0.25, -0.2) is 0 Å². The lowest BCUT2D eigenvalue weighted by Gasteiger charge is -2.32. The lowest BCUT2D eigenvalue weighted by molar-refractivity contribution is 0.181. The Morgan fingerprint density at radius 1 is 1.57 bits per heavy atom. The highest BCUT2D eigenvalue weighted by Gasteiger charge is 2.25. The van der Waals surface area contributed by atoms with Crippen LogP contribution in [0.15, 0.2) is 22.7 Å². The Labute approximate surface area is 91.8 Å². The molecule has 2 rings (SSSR count). The van der Waals surface area contributed by atoms with Gasteiger partial charge in [0.05, 0.1) is 16.2 Å². The molecule has 0 bridgehead atoms. The van der Waals surface area contributed by atoms with Crippen LogP contribution < -0.4 is 15.8 Å². The van der Waals surface area contributed by atoms with Gasteiger partial charge in [-0.1, -0.05) is 6.07 Å². The van der Waals surface area contributed by atoms with Crippen molar-refractivity contribution in [1.29, 1.82) is 0 Å². The van der Waals surface area contributed by atoms with Gasteiger partial charge in [-0.3, -0.25) is 0 Å². The largest absolute Gasteiger partial charge is 0.484 e. The van der Waals surface area contributed by atoms with Gasteiger partial charge in [0, 0.05) is 6.54 Å². The lowest BCUT2D eigenvalue weighted by atomic mass is 10.1. The normalized spacial score (nSPS) is 24.8. The van der Waals surface area contributed by atoms with Crippen LogP contribution >= 0.6 is 15.9 Å². The number of halogens is 1. The summed E-state index contributed by atoms with van der Waals surface area (Å²) in [6, 6.07) is 6.20. The number of hydrogen-bond acceptors (Lipinski definition) is 3. The third-order valence-electron chi connectivity index (χ3n) is 2.41. The fraction of sp³-hybridized carbons (Fsp3) is 0.400. The molecular weight excluding hydrogens is 244 g/mol. The maximum absolute atomic E-state index is 5.79. The fourth-order valence-corrected chi connectivity index (χ4v) is 2.05. The quantitative estimate of drug-likeness (QED) is 0.808.